The van der Waals surface area contributed by atoms with Crippen LogP contribution in [0.2, 0.25) is 0 Å². The highest BCUT2D eigenvalue weighted by Gasteiger charge is 2.09. The molecular weight excluding hydrogens is 274 g/mol. The van der Waals surface area contributed by atoms with Crippen molar-refractivity contribution >= 4 is 17.6 Å². The first-order valence-electron chi connectivity index (χ1n) is 6.28. The minimum atomic E-state index is -0.586. The number of carbonyl (C=O) groups is 2. The van der Waals surface area contributed by atoms with Crippen LogP contribution in [0.5, 0.6) is 0 Å². The second-order valence-corrected chi connectivity index (χ2v) is 4.52. The fraction of sp³-hybridized carbons (Fsp3) is 0.308. The lowest BCUT2D eigenvalue weighted by atomic mass is 10.1. The second kappa shape index (κ2) is 6.60. The number of benzene rings is 1. The average molecular weight is 289 g/mol. The molecule has 0 saturated heterocycles. The van der Waals surface area contributed by atoms with Gasteiger partial charge in [-0.05, 0) is 47.5 Å². The van der Waals surface area contributed by atoms with Gasteiger partial charge in [0, 0.05) is 5.69 Å². The summed E-state index contributed by atoms with van der Waals surface area (Å²) < 4.78 is 6.05. The molecule has 2 aromatic rings. The summed E-state index contributed by atoms with van der Waals surface area (Å²) in [5, 5.41) is 13.0. The Kier molecular flexibility index (Phi) is 4.60. The molecule has 8 heteroatoms. The number of rotatable bonds is 5. The van der Waals surface area contributed by atoms with Crippen LogP contribution in [0.15, 0.2) is 24.5 Å². The van der Waals surface area contributed by atoms with E-state index in [1.54, 1.807) is 6.07 Å². The van der Waals surface area contributed by atoms with Crippen molar-refractivity contribution in [1.29, 1.82) is 0 Å². The van der Waals surface area contributed by atoms with Gasteiger partial charge in [-0.2, -0.15) is 0 Å². The summed E-state index contributed by atoms with van der Waals surface area (Å²) in [6, 6.07) is 5.56. The predicted octanol–water partition coefficient (Wildman–Crippen LogP) is 0.472. The van der Waals surface area contributed by atoms with E-state index >= 15 is 0 Å². The van der Waals surface area contributed by atoms with Crippen LogP contribution >= 0.6 is 0 Å². The Labute approximate surface area is 121 Å². The van der Waals surface area contributed by atoms with E-state index in [4.69, 9.17) is 4.74 Å². The third-order valence-corrected chi connectivity index (χ3v) is 2.84. The summed E-state index contributed by atoms with van der Waals surface area (Å²) in [6.07, 6.45) is 1.29. The lowest BCUT2D eigenvalue weighted by Gasteiger charge is -2.08. The van der Waals surface area contributed by atoms with E-state index < -0.39 is 11.9 Å². The molecule has 0 saturated carbocycles. The predicted molar refractivity (Wildman–Crippen MR) is 73.3 cm³/mol. The largest absolute Gasteiger partial charge is 0.454 e. The Bertz CT molecular complexity index is 639. The smallest absolute Gasteiger partial charge is 0.328 e. The molecular formula is C13H15N5O3. The first-order chi connectivity index (χ1) is 10.0. The standard InChI is InChI=1S/C13H15N5O3/c1-9-3-4-11(5-10(9)2)15-12(19)7-21-13(20)6-18-8-14-16-17-18/h3-5,8H,6-7H2,1-2H3,(H,15,19). The maximum atomic E-state index is 11.7. The monoisotopic (exact) mass is 289 g/mol. The van der Waals surface area contributed by atoms with Gasteiger partial charge in [-0.3, -0.25) is 9.59 Å². The number of ether oxygens (including phenoxy) is 1. The maximum Gasteiger partial charge on any atom is 0.328 e. The molecule has 0 spiro atoms. The summed E-state index contributed by atoms with van der Waals surface area (Å²) in [6.45, 7) is 3.46. The molecule has 1 amide bonds. The molecule has 2 rings (SSSR count). The molecule has 1 aromatic carbocycles. The van der Waals surface area contributed by atoms with E-state index in [2.05, 4.69) is 20.8 Å². The number of hydrogen-bond donors (Lipinski definition) is 1. The number of aryl methyl sites for hydroxylation is 2. The molecule has 0 fully saturated rings. The molecule has 0 atom stereocenters. The maximum absolute atomic E-state index is 11.7. The molecule has 0 unspecified atom stereocenters. The van der Waals surface area contributed by atoms with Gasteiger partial charge in [0.15, 0.2) is 6.61 Å². The van der Waals surface area contributed by atoms with Crippen LogP contribution in [0.25, 0.3) is 0 Å². The van der Waals surface area contributed by atoms with Gasteiger partial charge in [0.05, 0.1) is 0 Å². The molecule has 1 heterocycles. The third-order valence-electron chi connectivity index (χ3n) is 2.84. The van der Waals surface area contributed by atoms with Crippen LogP contribution in [-0.2, 0) is 20.9 Å². The quantitative estimate of drug-likeness (QED) is 0.803. The van der Waals surface area contributed by atoms with Crippen molar-refractivity contribution in [3.05, 3.63) is 35.7 Å². The van der Waals surface area contributed by atoms with Crippen molar-refractivity contribution in [2.24, 2.45) is 0 Å². The third kappa shape index (κ3) is 4.37. The molecule has 110 valence electrons. The lowest BCUT2D eigenvalue weighted by molar-refractivity contribution is -0.148. The van der Waals surface area contributed by atoms with Gasteiger partial charge in [0.1, 0.15) is 12.9 Å². The fourth-order valence-corrected chi connectivity index (χ4v) is 1.59. The van der Waals surface area contributed by atoms with E-state index in [1.807, 2.05) is 26.0 Å². The summed E-state index contributed by atoms with van der Waals surface area (Å²) in [7, 11) is 0. The summed E-state index contributed by atoms with van der Waals surface area (Å²) in [4.78, 5) is 23.1. The zero-order valence-corrected chi connectivity index (χ0v) is 11.7. The normalized spacial score (nSPS) is 10.2. The van der Waals surface area contributed by atoms with Crippen molar-refractivity contribution in [2.75, 3.05) is 11.9 Å². The Morgan fingerprint density at radius 3 is 2.76 bits per heavy atom. The molecule has 1 N–H and O–H groups in total. The zero-order chi connectivity index (χ0) is 15.2. The topological polar surface area (TPSA) is 99.0 Å². The van der Waals surface area contributed by atoms with Gasteiger partial charge in [-0.1, -0.05) is 6.07 Å². The molecule has 8 nitrogen and oxygen atoms in total. The van der Waals surface area contributed by atoms with Gasteiger partial charge in [0.2, 0.25) is 0 Å². The number of aromatic nitrogens is 4. The van der Waals surface area contributed by atoms with Crippen molar-refractivity contribution in [1.82, 2.24) is 20.2 Å². The molecule has 0 aliphatic carbocycles. The van der Waals surface area contributed by atoms with Crippen molar-refractivity contribution in [3.63, 3.8) is 0 Å². The highest BCUT2D eigenvalue weighted by atomic mass is 16.5. The molecule has 0 aliphatic heterocycles. The molecule has 0 bridgehead atoms. The van der Waals surface area contributed by atoms with Gasteiger partial charge in [0.25, 0.3) is 5.91 Å². The van der Waals surface area contributed by atoms with E-state index in [1.165, 1.54) is 11.0 Å². The van der Waals surface area contributed by atoms with E-state index in [-0.39, 0.29) is 13.2 Å². The number of tetrazole rings is 1. The molecule has 0 radical (unpaired) electrons. The lowest BCUT2D eigenvalue weighted by Crippen LogP contribution is -2.23. The fourth-order valence-electron chi connectivity index (χ4n) is 1.59. The van der Waals surface area contributed by atoms with Gasteiger partial charge < -0.3 is 10.1 Å². The second-order valence-electron chi connectivity index (χ2n) is 4.52. The van der Waals surface area contributed by atoms with Crippen molar-refractivity contribution < 1.29 is 14.3 Å². The highest BCUT2D eigenvalue weighted by molar-refractivity contribution is 5.92. The highest BCUT2D eigenvalue weighted by Crippen LogP contribution is 2.13. The van der Waals surface area contributed by atoms with E-state index in [0.29, 0.717) is 5.69 Å². The minimum absolute atomic E-state index is 0.135. The minimum Gasteiger partial charge on any atom is -0.454 e. The summed E-state index contributed by atoms with van der Waals surface area (Å²) >= 11 is 0. The van der Waals surface area contributed by atoms with Crippen LogP contribution in [-0.4, -0.2) is 38.7 Å². The van der Waals surface area contributed by atoms with Crippen molar-refractivity contribution in [2.45, 2.75) is 20.4 Å². The molecule has 21 heavy (non-hydrogen) atoms. The van der Waals surface area contributed by atoms with Crippen LogP contribution in [0, 0.1) is 13.8 Å². The Balaban J connectivity index is 1.79. The first kappa shape index (κ1) is 14.6. The number of anilines is 1. The van der Waals surface area contributed by atoms with Crippen LogP contribution in [0.4, 0.5) is 5.69 Å². The van der Waals surface area contributed by atoms with Gasteiger partial charge in [-0.15, -0.1) is 5.10 Å². The molecule has 0 aliphatic rings. The van der Waals surface area contributed by atoms with E-state index in [9.17, 15) is 9.59 Å². The number of hydrogen-bond acceptors (Lipinski definition) is 6. The van der Waals surface area contributed by atoms with Crippen molar-refractivity contribution in [3.8, 4) is 0 Å². The average Bonchev–Trinajstić information content (AvgIpc) is 2.93. The van der Waals surface area contributed by atoms with Crippen LogP contribution in [0.3, 0.4) is 0 Å². The number of nitrogens with one attached hydrogen (secondary N) is 1. The van der Waals surface area contributed by atoms with Gasteiger partial charge in [-0.25, -0.2) is 4.68 Å². The van der Waals surface area contributed by atoms with Crippen LogP contribution < -0.4 is 5.32 Å². The Hall–Kier alpha value is -2.77. The van der Waals surface area contributed by atoms with Gasteiger partial charge >= 0.3 is 5.97 Å². The van der Waals surface area contributed by atoms with Crippen LogP contribution in [0.1, 0.15) is 11.1 Å². The molecule has 1 aromatic heterocycles. The first-order valence-corrected chi connectivity index (χ1v) is 6.28. The number of esters is 1. The summed E-state index contributed by atoms with van der Waals surface area (Å²) in [5.41, 5.74) is 2.88. The Morgan fingerprint density at radius 2 is 2.10 bits per heavy atom. The SMILES string of the molecule is Cc1ccc(NC(=O)COC(=O)Cn2cnnn2)cc1C. The van der Waals surface area contributed by atoms with E-state index in [0.717, 1.165) is 11.1 Å². The number of amides is 1. The number of nitrogens with zero attached hydrogens (tertiary/aromatic N) is 4. The Morgan fingerprint density at radius 1 is 1.29 bits per heavy atom. The number of carbonyl (C=O) groups excluding carboxylic acids is 2. The summed E-state index contributed by atoms with van der Waals surface area (Å²) in [5.74, 6) is -0.985. The zero-order valence-electron chi connectivity index (χ0n) is 11.7.